The van der Waals surface area contributed by atoms with Gasteiger partial charge < -0.3 is 14.8 Å². The van der Waals surface area contributed by atoms with Crippen molar-refractivity contribution in [1.82, 2.24) is 4.98 Å². The number of fused-ring (bicyclic) bond motifs is 1. The van der Waals surface area contributed by atoms with Crippen LogP contribution in [0.15, 0.2) is 22.6 Å². The van der Waals surface area contributed by atoms with Gasteiger partial charge in [-0.05, 0) is 24.8 Å². The fourth-order valence-electron chi connectivity index (χ4n) is 1.84. The first kappa shape index (κ1) is 14.3. The summed E-state index contributed by atoms with van der Waals surface area (Å²) in [6, 6.07) is 4.68. The first-order valence-corrected chi connectivity index (χ1v) is 6.50. The van der Waals surface area contributed by atoms with Gasteiger partial charge in [0.1, 0.15) is 5.52 Å². The zero-order valence-corrected chi connectivity index (χ0v) is 11.2. The SMILES string of the molecule is CC(CO)CCCNc1nc2cc([N+](=O)[O-])ccc2o1. The molecule has 0 amide bonds. The lowest BCUT2D eigenvalue weighted by Crippen LogP contribution is -2.06. The van der Waals surface area contributed by atoms with E-state index in [1.807, 2.05) is 6.92 Å². The Kier molecular flexibility index (Phi) is 4.52. The standard InChI is InChI=1S/C13H17N3O4/c1-9(8-17)3-2-6-14-13-15-11-7-10(16(18)19)4-5-12(11)20-13/h4-5,7,9,17H,2-3,6,8H2,1H3,(H,14,15). The number of nitro benzene ring substituents is 1. The molecule has 1 atom stereocenters. The Hall–Kier alpha value is -2.15. The van der Waals surface area contributed by atoms with Gasteiger partial charge in [0.2, 0.25) is 0 Å². The number of nitrogens with zero attached hydrogens (tertiary/aromatic N) is 2. The molecule has 108 valence electrons. The molecule has 2 rings (SSSR count). The van der Waals surface area contributed by atoms with E-state index in [0.717, 1.165) is 12.8 Å². The van der Waals surface area contributed by atoms with Gasteiger partial charge in [-0.2, -0.15) is 4.98 Å². The number of hydrogen-bond donors (Lipinski definition) is 2. The zero-order chi connectivity index (χ0) is 14.5. The highest BCUT2D eigenvalue weighted by Gasteiger charge is 2.11. The van der Waals surface area contributed by atoms with Crippen molar-refractivity contribution < 1.29 is 14.4 Å². The third-order valence-electron chi connectivity index (χ3n) is 3.04. The third-order valence-corrected chi connectivity index (χ3v) is 3.04. The van der Waals surface area contributed by atoms with E-state index >= 15 is 0 Å². The van der Waals surface area contributed by atoms with Crippen molar-refractivity contribution in [2.75, 3.05) is 18.5 Å². The summed E-state index contributed by atoms with van der Waals surface area (Å²) in [5.74, 6) is 0.281. The van der Waals surface area contributed by atoms with Crippen molar-refractivity contribution >= 4 is 22.8 Å². The number of nitro groups is 1. The van der Waals surface area contributed by atoms with Crippen LogP contribution in [0.1, 0.15) is 19.8 Å². The highest BCUT2D eigenvalue weighted by Crippen LogP contribution is 2.23. The number of aromatic nitrogens is 1. The lowest BCUT2D eigenvalue weighted by atomic mass is 10.1. The van der Waals surface area contributed by atoms with Crippen LogP contribution in [0, 0.1) is 16.0 Å². The minimum absolute atomic E-state index is 0.00544. The van der Waals surface area contributed by atoms with Crippen LogP contribution in [0.4, 0.5) is 11.7 Å². The van der Waals surface area contributed by atoms with Crippen molar-refractivity contribution in [3.05, 3.63) is 28.3 Å². The number of benzene rings is 1. The molecule has 7 nitrogen and oxygen atoms in total. The molecule has 1 unspecified atom stereocenters. The molecule has 0 radical (unpaired) electrons. The second-order valence-corrected chi connectivity index (χ2v) is 4.78. The Balaban J connectivity index is 1.96. The fourth-order valence-corrected chi connectivity index (χ4v) is 1.84. The predicted molar refractivity (Wildman–Crippen MR) is 74.6 cm³/mol. The fraction of sp³-hybridized carbons (Fsp3) is 0.462. The molecule has 0 fully saturated rings. The summed E-state index contributed by atoms with van der Waals surface area (Å²) < 4.78 is 5.44. The van der Waals surface area contributed by atoms with Crippen molar-refractivity contribution in [3.8, 4) is 0 Å². The molecule has 20 heavy (non-hydrogen) atoms. The molecule has 7 heteroatoms. The average Bonchev–Trinajstić information content (AvgIpc) is 2.84. The van der Waals surface area contributed by atoms with Gasteiger partial charge in [0.15, 0.2) is 5.58 Å². The van der Waals surface area contributed by atoms with Gasteiger partial charge >= 0.3 is 0 Å². The highest BCUT2D eigenvalue weighted by molar-refractivity contribution is 5.77. The summed E-state index contributed by atoms with van der Waals surface area (Å²) in [6.07, 6.45) is 1.80. The second-order valence-electron chi connectivity index (χ2n) is 4.78. The molecule has 1 aromatic carbocycles. The van der Waals surface area contributed by atoms with E-state index in [1.54, 1.807) is 6.07 Å². The van der Waals surface area contributed by atoms with Crippen molar-refractivity contribution in [2.45, 2.75) is 19.8 Å². The summed E-state index contributed by atoms with van der Waals surface area (Å²) in [5, 5.41) is 22.6. The van der Waals surface area contributed by atoms with E-state index < -0.39 is 4.92 Å². The van der Waals surface area contributed by atoms with E-state index in [-0.39, 0.29) is 18.2 Å². The molecule has 0 saturated heterocycles. The smallest absolute Gasteiger partial charge is 0.295 e. The summed E-state index contributed by atoms with van der Waals surface area (Å²) in [6.45, 7) is 2.85. The number of non-ortho nitro benzene ring substituents is 1. The summed E-state index contributed by atoms with van der Waals surface area (Å²) in [4.78, 5) is 14.4. The summed E-state index contributed by atoms with van der Waals surface area (Å²) in [5.41, 5.74) is 0.973. The molecule has 0 aliphatic rings. The summed E-state index contributed by atoms with van der Waals surface area (Å²) >= 11 is 0. The van der Waals surface area contributed by atoms with Crippen LogP contribution in [0.2, 0.25) is 0 Å². The van der Waals surface area contributed by atoms with Crippen LogP contribution >= 0.6 is 0 Å². The maximum absolute atomic E-state index is 10.7. The minimum atomic E-state index is -0.461. The number of aliphatic hydroxyl groups is 1. The molecule has 1 aromatic heterocycles. The quantitative estimate of drug-likeness (QED) is 0.459. The molecule has 1 heterocycles. The second kappa shape index (κ2) is 6.33. The topological polar surface area (TPSA) is 101 Å². The number of nitrogens with one attached hydrogen (secondary N) is 1. The molecule has 2 aromatic rings. The number of aliphatic hydroxyl groups excluding tert-OH is 1. The zero-order valence-electron chi connectivity index (χ0n) is 11.2. The van der Waals surface area contributed by atoms with Crippen molar-refractivity contribution in [1.29, 1.82) is 0 Å². The van der Waals surface area contributed by atoms with Crippen LogP contribution in [-0.4, -0.2) is 28.2 Å². The normalized spacial score (nSPS) is 12.5. The summed E-state index contributed by atoms with van der Waals surface area (Å²) in [7, 11) is 0. The molecule has 2 N–H and O–H groups in total. The van der Waals surface area contributed by atoms with Gasteiger partial charge in [0.05, 0.1) is 4.92 Å². The first-order chi connectivity index (χ1) is 9.60. The van der Waals surface area contributed by atoms with Gasteiger partial charge in [-0.1, -0.05) is 6.92 Å². The molecule has 0 bridgehead atoms. The molecular formula is C13H17N3O4. The van der Waals surface area contributed by atoms with Crippen LogP contribution in [0.5, 0.6) is 0 Å². The lowest BCUT2D eigenvalue weighted by molar-refractivity contribution is -0.384. The van der Waals surface area contributed by atoms with E-state index in [1.165, 1.54) is 12.1 Å². The van der Waals surface area contributed by atoms with E-state index in [2.05, 4.69) is 10.3 Å². The first-order valence-electron chi connectivity index (χ1n) is 6.50. The monoisotopic (exact) mass is 279 g/mol. The van der Waals surface area contributed by atoms with Crippen LogP contribution in [0.25, 0.3) is 11.1 Å². The van der Waals surface area contributed by atoms with Gasteiger partial charge in [-0.3, -0.25) is 10.1 Å². The number of hydrogen-bond acceptors (Lipinski definition) is 6. The predicted octanol–water partition coefficient (Wildman–Crippen LogP) is 2.56. The molecule has 0 saturated carbocycles. The van der Waals surface area contributed by atoms with Crippen LogP contribution < -0.4 is 5.32 Å². The Morgan fingerprint density at radius 2 is 2.35 bits per heavy atom. The van der Waals surface area contributed by atoms with Gasteiger partial charge in [-0.15, -0.1) is 0 Å². The number of rotatable bonds is 7. The Bertz CT molecular complexity index is 596. The van der Waals surface area contributed by atoms with Crippen LogP contribution in [-0.2, 0) is 0 Å². The van der Waals surface area contributed by atoms with Gasteiger partial charge in [0, 0.05) is 25.3 Å². The van der Waals surface area contributed by atoms with Crippen LogP contribution in [0.3, 0.4) is 0 Å². The maximum Gasteiger partial charge on any atom is 0.295 e. The number of anilines is 1. The Morgan fingerprint density at radius 1 is 1.55 bits per heavy atom. The highest BCUT2D eigenvalue weighted by atomic mass is 16.6. The Morgan fingerprint density at radius 3 is 3.05 bits per heavy atom. The van der Waals surface area contributed by atoms with Gasteiger partial charge in [0.25, 0.3) is 11.7 Å². The molecular weight excluding hydrogens is 262 g/mol. The minimum Gasteiger partial charge on any atom is -0.424 e. The molecule has 0 spiro atoms. The van der Waals surface area contributed by atoms with Crippen molar-refractivity contribution in [3.63, 3.8) is 0 Å². The maximum atomic E-state index is 10.7. The third kappa shape index (κ3) is 3.45. The lowest BCUT2D eigenvalue weighted by Gasteiger charge is -2.06. The number of oxazole rings is 1. The molecule has 0 aliphatic carbocycles. The Labute approximate surface area is 115 Å². The molecule has 0 aliphatic heterocycles. The van der Waals surface area contributed by atoms with E-state index in [9.17, 15) is 10.1 Å². The largest absolute Gasteiger partial charge is 0.424 e. The van der Waals surface area contributed by atoms with Crippen molar-refractivity contribution in [2.24, 2.45) is 5.92 Å². The van der Waals surface area contributed by atoms with E-state index in [0.29, 0.717) is 23.7 Å². The van der Waals surface area contributed by atoms with Gasteiger partial charge in [-0.25, -0.2) is 0 Å². The van der Waals surface area contributed by atoms with E-state index in [4.69, 9.17) is 9.52 Å². The average molecular weight is 279 g/mol.